The fraction of sp³-hybridized carbons (Fsp3) is 0.143. The van der Waals surface area contributed by atoms with Crippen molar-refractivity contribution in [2.24, 2.45) is 0 Å². The minimum Gasteiger partial charge on any atom is -0.238 e. The third-order valence-electron chi connectivity index (χ3n) is 2.74. The molecule has 2 aromatic rings. The van der Waals surface area contributed by atoms with Gasteiger partial charge in [0.15, 0.2) is 5.69 Å². The lowest BCUT2D eigenvalue weighted by molar-refractivity contribution is 1.41. The van der Waals surface area contributed by atoms with E-state index >= 15 is 0 Å². The van der Waals surface area contributed by atoms with Crippen LogP contribution in [0.3, 0.4) is 0 Å². The quantitative estimate of drug-likeness (QED) is 0.601. The van der Waals surface area contributed by atoms with E-state index in [0.717, 1.165) is 21.9 Å². The van der Waals surface area contributed by atoms with Gasteiger partial charge in [-0.05, 0) is 47.9 Å². The van der Waals surface area contributed by atoms with Crippen LogP contribution in [0.4, 0.5) is 5.69 Å². The van der Waals surface area contributed by atoms with Crippen molar-refractivity contribution in [3.8, 4) is 6.07 Å². The number of nitrogens with zero attached hydrogens (tertiary/aromatic N) is 2. The van der Waals surface area contributed by atoms with Crippen molar-refractivity contribution < 1.29 is 0 Å². The Kier molecular flexibility index (Phi) is 2.35. The Morgan fingerprint density at radius 3 is 2.31 bits per heavy atom. The second kappa shape index (κ2) is 3.68. The molecular formula is C14H10N2. The van der Waals surface area contributed by atoms with E-state index in [-0.39, 0.29) is 0 Å². The molecule has 0 radical (unpaired) electrons. The summed E-state index contributed by atoms with van der Waals surface area (Å²) in [5.41, 5.74) is 3.28. The van der Waals surface area contributed by atoms with Crippen LogP contribution < -0.4 is 0 Å². The van der Waals surface area contributed by atoms with Crippen molar-refractivity contribution in [2.75, 3.05) is 0 Å². The average Bonchev–Trinajstić information content (AvgIpc) is 2.28. The van der Waals surface area contributed by atoms with Crippen molar-refractivity contribution >= 4 is 16.5 Å². The third-order valence-corrected chi connectivity index (χ3v) is 2.74. The van der Waals surface area contributed by atoms with Crippen LogP contribution in [-0.2, 0) is 0 Å². The summed E-state index contributed by atoms with van der Waals surface area (Å²) in [6.07, 6.45) is 0. The van der Waals surface area contributed by atoms with Crippen molar-refractivity contribution in [2.45, 2.75) is 13.8 Å². The molecule has 0 fully saturated rings. The first-order chi connectivity index (χ1) is 7.65. The lowest BCUT2D eigenvalue weighted by atomic mass is 10.00. The van der Waals surface area contributed by atoms with Crippen molar-refractivity contribution in [3.63, 3.8) is 0 Å². The smallest absolute Gasteiger partial charge is 0.190 e. The number of fused-ring (bicyclic) bond motifs is 1. The summed E-state index contributed by atoms with van der Waals surface area (Å²) in [6.45, 7) is 10.9. The van der Waals surface area contributed by atoms with Crippen LogP contribution in [0.15, 0.2) is 24.3 Å². The van der Waals surface area contributed by atoms with Crippen LogP contribution in [0.25, 0.3) is 15.6 Å². The molecule has 2 aromatic carbocycles. The molecule has 2 heteroatoms. The molecule has 0 unspecified atom stereocenters. The molecule has 0 atom stereocenters. The zero-order chi connectivity index (χ0) is 11.7. The molecule has 0 bridgehead atoms. The molecule has 0 N–H and O–H groups in total. The minimum atomic E-state index is 0.677. The van der Waals surface area contributed by atoms with E-state index in [0.29, 0.717) is 11.3 Å². The summed E-state index contributed by atoms with van der Waals surface area (Å²) >= 11 is 0. The van der Waals surface area contributed by atoms with Gasteiger partial charge in [-0.25, -0.2) is 4.85 Å². The highest BCUT2D eigenvalue weighted by molar-refractivity contribution is 5.89. The third kappa shape index (κ3) is 1.51. The van der Waals surface area contributed by atoms with Crippen LogP contribution in [-0.4, -0.2) is 0 Å². The van der Waals surface area contributed by atoms with Crippen LogP contribution in [0, 0.1) is 31.8 Å². The van der Waals surface area contributed by atoms with Gasteiger partial charge >= 0.3 is 0 Å². The van der Waals surface area contributed by atoms with E-state index in [2.05, 4.69) is 10.9 Å². The number of rotatable bonds is 0. The first kappa shape index (κ1) is 10.2. The van der Waals surface area contributed by atoms with Gasteiger partial charge in [0.2, 0.25) is 0 Å². The van der Waals surface area contributed by atoms with E-state index < -0.39 is 0 Å². The highest BCUT2D eigenvalue weighted by Crippen LogP contribution is 2.27. The zero-order valence-corrected chi connectivity index (χ0v) is 9.20. The van der Waals surface area contributed by atoms with Crippen LogP contribution >= 0.6 is 0 Å². The van der Waals surface area contributed by atoms with Gasteiger partial charge in [0.25, 0.3) is 0 Å². The maximum Gasteiger partial charge on any atom is 0.190 e. The van der Waals surface area contributed by atoms with Gasteiger partial charge in [-0.2, -0.15) is 5.26 Å². The van der Waals surface area contributed by atoms with E-state index in [4.69, 9.17) is 11.8 Å². The maximum absolute atomic E-state index is 8.95. The molecular weight excluding hydrogens is 196 g/mol. The molecule has 0 spiro atoms. The highest BCUT2D eigenvalue weighted by Gasteiger charge is 2.04. The Morgan fingerprint density at radius 2 is 1.69 bits per heavy atom. The summed E-state index contributed by atoms with van der Waals surface area (Å²) in [6, 6.07) is 9.86. The molecule has 0 aliphatic carbocycles. The second-order valence-corrected chi connectivity index (χ2v) is 3.88. The lowest BCUT2D eigenvalue weighted by Crippen LogP contribution is -1.84. The largest absolute Gasteiger partial charge is 0.238 e. The summed E-state index contributed by atoms with van der Waals surface area (Å²) < 4.78 is 0. The number of benzene rings is 2. The van der Waals surface area contributed by atoms with E-state index in [1.54, 1.807) is 0 Å². The fourth-order valence-corrected chi connectivity index (χ4v) is 1.81. The van der Waals surface area contributed by atoms with Gasteiger partial charge in [0.1, 0.15) is 0 Å². The molecule has 16 heavy (non-hydrogen) atoms. The van der Waals surface area contributed by atoms with Crippen molar-refractivity contribution in [1.29, 1.82) is 5.26 Å². The normalized spacial score (nSPS) is 9.75. The van der Waals surface area contributed by atoms with E-state index in [1.807, 2.05) is 38.1 Å². The Balaban J connectivity index is 2.84. The van der Waals surface area contributed by atoms with E-state index in [1.165, 1.54) is 0 Å². The van der Waals surface area contributed by atoms with Gasteiger partial charge in [0, 0.05) is 0 Å². The standard InChI is InChI=1S/C14H10N2/c1-9-4-12-7-14(16-3)10(2)5-11(12)6-13(9)8-15/h4-7H,1-2H3. The Labute approximate surface area is 94.6 Å². The van der Waals surface area contributed by atoms with Crippen molar-refractivity contribution in [3.05, 3.63) is 52.4 Å². The van der Waals surface area contributed by atoms with Crippen LogP contribution in [0.2, 0.25) is 0 Å². The summed E-state index contributed by atoms with van der Waals surface area (Å²) in [5, 5.41) is 11.0. The molecule has 76 valence electrons. The zero-order valence-electron chi connectivity index (χ0n) is 9.20. The molecule has 2 nitrogen and oxygen atoms in total. The first-order valence-corrected chi connectivity index (χ1v) is 4.98. The molecule has 2 rings (SSSR count). The summed E-state index contributed by atoms with van der Waals surface area (Å²) in [5.74, 6) is 0. The van der Waals surface area contributed by atoms with Gasteiger partial charge in [-0.3, -0.25) is 0 Å². The number of hydrogen-bond acceptors (Lipinski definition) is 1. The molecule has 0 amide bonds. The second-order valence-electron chi connectivity index (χ2n) is 3.88. The average molecular weight is 206 g/mol. The first-order valence-electron chi connectivity index (χ1n) is 4.98. The Morgan fingerprint density at radius 1 is 1.06 bits per heavy atom. The fourth-order valence-electron chi connectivity index (χ4n) is 1.81. The minimum absolute atomic E-state index is 0.677. The number of nitriles is 1. The predicted molar refractivity (Wildman–Crippen MR) is 64.4 cm³/mol. The van der Waals surface area contributed by atoms with E-state index in [9.17, 15) is 0 Å². The van der Waals surface area contributed by atoms with Crippen molar-refractivity contribution in [1.82, 2.24) is 0 Å². The topological polar surface area (TPSA) is 28.1 Å². The lowest BCUT2D eigenvalue weighted by Gasteiger charge is -2.05. The summed E-state index contributed by atoms with van der Waals surface area (Å²) in [7, 11) is 0. The maximum atomic E-state index is 8.95. The monoisotopic (exact) mass is 206 g/mol. The van der Waals surface area contributed by atoms with Gasteiger partial charge in [0.05, 0.1) is 18.2 Å². The number of hydrogen-bond donors (Lipinski definition) is 0. The number of aryl methyl sites for hydroxylation is 2. The van der Waals surface area contributed by atoms with Crippen LogP contribution in [0.5, 0.6) is 0 Å². The van der Waals surface area contributed by atoms with Gasteiger partial charge in [-0.15, -0.1) is 0 Å². The molecule has 0 heterocycles. The van der Waals surface area contributed by atoms with Gasteiger partial charge < -0.3 is 0 Å². The highest BCUT2D eigenvalue weighted by atomic mass is 14.6. The SMILES string of the molecule is [C-]#[N+]c1cc2cc(C)c(C#N)cc2cc1C. The molecule has 0 saturated heterocycles. The summed E-state index contributed by atoms with van der Waals surface area (Å²) in [4.78, 5) is 3.48. The molecule has 0 saturated carbocycles. The van der Waals surface area contributed by atoms with Crippen LogP contribution in [0.1, 0.15) is 16.7 Å². The molecule has 0 aromatic heterocycles. The predicted octanol–water partition coefficient (Wildman–Crippen LogP) is 3.88. The molecule has 0 aliphatic heterocycles. The Bertz CT molecular complexity index is 596. The van der Waals surface area contributed by atoms with Gasteiger partial charge in [-0.1, -0.05) is 12.1 Å². The Hall–Kier alpha value is -2.32. The molecule has 0 aliphatic rings.